The van der Waals surface area contributed by atoms with E-state index >= 15 is 0 Å². The molecule has 2 N–H and O–H groups in total. The molecule has 0 spiro atoms. The molecular weight excluding hydrogens is 214 g/mol. The molecule has 1 aliphatic rings. The van der Waals surface area contributed by atoms with E-state index in [-0.39, 0.29) is 0 Å². The molecule has 1 unspecified atom stereocenters. The number of benzene rings is 1. The van der Waals surface area contributed by atoms with Crippen LogP contribution in [0, 0.1) is 6.92 Å². The molecule has 1 atom stereocenters. The smallest absolute Gasteiger partial charge is 0.122 e. The number of phenolic OH excluding ortho intramolecular Hbond substituents is 1. The lowest BCUT2D eigenvalue weighted by atomic mass is 10.1. The van der Waals surface area contributed by atoms with Crippen molar-refractivity contribution in [2.75, 3.05) is 13.2 Å². The van der Waals surface area contributed by atoms with E-state index in [4.69, 9.17) is 4.74 Å². The van der Waals surface area contributed by atoms with Gasteiger partial charge in [-0.2, -0.15) is 0 Å². The molecule has 1 heterocycles. The van der Waals surface area contributed by atoms with E-state index in [1.54, 1.807) is 0 Å². The predicted molar refractivity (Wildman–Crippen MR) is 68.1 cm³/mol. The maximum absolute atomic E-state index is 9.86. The second kappa shape index (κ2) is 6.03. The van der Waals surface area contributed by atoms with Crippen molar-refractivity contribution in [3.05, 3.63) is 29.3 Å². The fourth-order valence-corrected chi connectivity index (χ4v) is 2.20. The lowest BCUT2D eigenvalue weighted by molar-refractivity contribution is 0.0167. The number of phenols is 1. The predicted octanol–water partition coefficient (Wildman–Crippen LogP) is 2.36. The summed E-state index contributed by atoms with van der Waals surface area (Å²) in [5.74, 6) is 0.407. The van der Waals surface area contributed by atoms with Crippen LogP contribution in [-0.4, -0.2) is 24.4 Å². The van der Waals surface area contributed by atoms with Crippen molar-refractivity contribution in [1.29, 1.82) is 0 Å². The molecule has 0 bridgehead atoms. The first-order chi connectivity index (χ1) is 8.27. The summed E-state index contributed by atoms with van der Waals surface area (Å²) < 4.78 is 5.64. The molecule has 3 nitrogen and oxygen atoms in total. The van der Waals surface area contributed by atoms with E-state index in [9.17, 15) is 5.11 Å². The lowest BCUT2D eigenvalue weighted by Gasteiger charge is -2.23. The van der Waals surface area contributed by atoms with Gasteiger partial charge in [0, 0.05) is 25.3 Å². The minimum Gasteiger partial charge on any atom is -0.507 e. The Morgan fingerprint density at radius 2 is 2.29 bits per heavy atom. The Kier molecular flexibility index (Phi) is 4.40. The molecule has 1 saturated heterocycles. The quantitative estimate of drug-likeness (QED) is 0.841. The maximum Gasteiger partial charge on any atom is 0.122 e. The highest BCUT2D eigenvalue weighted by Gasteiger charge is 2.13. The molecule has 0 saturated carbocycles. The van der Waals surface area contributed by atoms with Gasteiger partial charge in [0.25, 0.3) is 0 Å². The first-order valence-electron chi connectivity index (χ1n) is 6.37. The number of para-hydroxylation sites is 1. The van der Waals surface area contributed by atoms with Gasteiger partial charge in [-0.25, -0.2) is 0 Å². The largest absolute Gasteiger partial charge is 0.507 e. The van der Waals surface area contributed by atoms with E-state index in [2.05, 4.69) is 5.32 Å². The van der Waals surface area contributed by atoms with Crippen molar-refractivity contribution >= 4 is 0 Å². The van der Waals surface area contributed by atoms with E-state index in [0.29, 0.717) is 18.4 Å². The van der Waals surface area contributed by atoms with Gasteiger partial charge in [0.05, 0.1) is 6.10 Å². The summed E-state index contributed by atoms with van der Waals surface area (Å²) in [6.07, 6.45) is 3.94. The molecule has 1 aromatic rings. The molecule has 0 radical (unpaired) electrons. The molecule has 0 amide bonds. The Balaban J connectivity index is 1.79. The number of aromatic hydroxyl groups is 1. The van der Waals surface area contributed by atoms with Crippen molar-refractivity contribution in [3.8, 4) is 5.75 Å². The molecule has 3 heteroatoms. The van der Waals surface area contributed by atoms with Gasteiger partial charge >= 0.3 is 0 Å². The van der Waals surface area contributed by atoms with Crippen molar-refractivity contribution in [2.45, 2.75) is 38.8 Å². The second-order valence-electron chi connectivity index (χ2n) is 4.70. The first kappa shape index (κ1) is 12.4. The molecular formula is C14H21NO2. The first-order valence-corrected chi connectivity index (χ1v) is 6.37. The van der Waals surface area contributed by atoms with Crippen LogP contribution in [0.25, 0.3) is 0 Å². The summed E-state index contributed by atoms with van der Waals surface area (Å²) in [5.41, 5.74) is 1.89. The van der Waals surface area contributed by atoms with Gasteiger partial charge in [0.15, 0.2) is 0 Å². The highest BCUT2D eigenvalue weighted by atomic mass is 16.5. The van der Waals surface area contributed by atoms with Crippen LogP contribution in [-0.2, 0) is 11.3 Å². The third kappa shape index (κ3) is 3.45. The average molecular weight is 235 g/mol. The van der Waals surface area contributed by atoms with Crippen LogP contribution in [0.4, 0.5) is 0 Å². The number of rotatable bonds is 4. The Morgan fingerprint density at radius 3 is 3.06 bits per heavy atom. The summed E-state index contributed by atoms with van der Waals surface area (Å²) >= 11 is 0. The highest BCUT2D eigenvalue weighted by molar-refractivity contribution is 5.39. The number of hydrogen-bond acceptors (Lipinski definition) is 3. The van der Waals surface area contributed by atoms with E-state index < -0.39 is 0 Å². The van der Waals surface area contributed by atoms with Gasteiger partial charge in [0.2, 0.25) is 0 Å². The molecule has 0 aliphatic carbocycles. The van der Waals surface area contributed by atoms with Crippen LogP contribution in [0.5, 0.6) is 5.75 Å². The average Bonchev–Trinajstić information content (AvgIpc) is 2.36. The zero-order valence-electron chi connectivity index (χ0n) is 10.4. The van der Waals surface area contributed by atoms with Gasteiger partial charge in [-0.05, 0) is 31.7 Å². The van der Waals surface area contributed by atoms with E-state index in [1.165, 1.54) is 12.8 Å². The number of ether oxygens (including phenoxy) is 1. The minimum absolute atomic E-state index is 0.343. The molecule has 1 fully saturated rings. The van der Waals surface area contributed by atoms with Crippen LogP contribution in [0.1, 0.15) is 30.4 Å². The third-order valence-corrected chi connectivity index (χ3v) is 3.28. The zero-order chi connectivity index (χ0) is 12.1. The standard InChI is InChI=1S/C14H21NO2/c1-11-5-4-6-12(14(11)16)9-15-10-13-7-2-3-8-17-13/h4-6,13,15-16H,2-3,7-10H2,1H3. The van der Waals surface area contributed by atoms with Gasteiger partial charge in [-0.1, -0.05) is 18.2 Å². The second-order valence-corrected chi connectivity index (χ2v) is 4.70. The fraction of sp³-hybridized carbons (Fsp3) is 0.571. The zero-order valence-corrected chi connectivity index (χ0v) is 10.4. The Labute approximate surface area is 103 Å². The molecule has 0 aromatic heterocycles. The molecule has 1 aromatic carbocycles. The Bertz CT molecular complexity index is 359. The van der Waals surface area contributed by atoms with E-state index in [1.807, 2.05) is 25.1 Å². The molecule has 94 valence electrons. The van der Waals surface area contributed by atoms with Crippen LogP contribution in [0.15, 0.2) is 18.2 Å². The summed E-state index contributed by atoms with van der Waals surface area (Å²) in [5, 5.41) is 13.2. The topological polar surface area (TPSA) is 41.5 Å². The summed E-state index contributed by atoms with van der Waals surface area (Å²) in [7, 11) is 0. The van der Waals surface area contributed by atoms with Gasteiger partial charge in [-0.3, -0.25) is 0 Å². The lowest BCUT2D eigenvalue weighted by Crippen LogP contribution is -2.31. The maximum atomic E-state index is 9.86. The molecule has 1 aliphatic heterocycles. The summed E-state index contributed by atoms with van der Waals surface area (Å²) in [4.78, 5) is 0. The van der Waals surface area contributed by atoms with Crippen molar-refractivity contribution < 1.29 is 9.84 Å². The van der Waals surface area contributed by atoms with E-state index in [0.717, 1.165) is 30.7 Å². The van der Waals surface area contributed by atoms with Crippen LogP contribution < -0.4 is 5.32 Å². The highest BCUT2D eigenvalue weighted by Crippen LogP contribution is 2.21. The van der Waals surface area contributed by atoms with Crippen molar-refractivity contribution in [1.82, 2.24) is 5.32 Å². The number of nitrogens with one attached hydrogen (secondary N) is 1. The van der Waals surface area contributed by atoms with Gasteiger partial charge < -0.3 is 15.2 Å². The normalized spacial score (nSPS) is 20.4. The number of aryl methyl sites for hydroxylation is 1. The van der Waals surface area contributed by atoms with Crippen LogP contribution in [0.3, 0.4) is 0 Å². The Hall–Kier alpha value is -1.06. The van der Waals surface area contributed by atoms with Crippen molar-refractivity contribution in [3.63, 3.8) is 0 Å². The van der Waals surface area contributed by atoms with Gasteiger partial charge in [0.1, 0.15) is 5.75 Å². The minimum atomic E-state index is 0.343. The van der Waals surface area contributed by atoms with Gasteiger partial charge in [-0.15, -0.1) is 0 Å². The SMILES string of the molecule is Cc1cccc(CNCC2CCCCO2)c1O. The molecule has 2 rings (SSSR count). The third-order valence-electron chi connectivity index (χ3n) is 3.28. The monoisotopic (exact) mass is 235 g/mol. The van der Waals surface area contributed by atoms with Crippen molar-refractivity contribution in [2.24, 2.45) is 0 Å². The Morgan fingerprint density at radius 1 is 1.41 bits per heavy atom. The number of hydrogen-bond donors (Lipinski definition) is 2. The fourth-order valence-electron chi connectivity index (χ4n) is 2.20. The van der Waals surface area contributed by atoms with Crippen LogP contribution >= 0.6 is 0 Å². The van der Waals surface area contributed by atoms with Crippen LogP contribution in [0.2, 0.25) is 0 Å². The summed E-state index contributed by atoms with van der Waals surface area (Å²) in [6, 6.07) is 5.85. The molecule has 17 heavy (non-hydrogen) atoms. The summed E-state index contributed by atoms with van der Waals surface area (Å²) in [6.45, 7) is 4.38.